The highest BCUT2D eigenvalue weighted by atomic mass is 79.9. The van der Waals surface area contributed by atoms with Crippen LogP contribution in [0.1, 0.15) is 5.56 Å². The van der Waals surface area contributed by atoms with Crippen LogP contribution < -0.4 is 0 Å². The van der Waals surface area contributed by atoms with E-state index < -0.39 is 0 Å². The number of imidazole rings is 1. The van der Waals surface area contributed by atoms with Crippen LogP contribution in [0.2, 0.25) is 0 Å². The van der Waals surface area contributed by atoms with Crippen LogP contribution in [0.15, 0.2) is 83.9 Å². The van der Waals surface area contributed by atoms with Crippen LogP contribution in [0.3, 0.4) is 0 Å². The van der Waals surface area contributed by atoms with Crippen molar-refractivity contribution in [3.63, 3.8) is 0 Å². The highest BCUT2D eigenvalue weighted by Gasteiger charge is 2.08. The van der Waals surface area contributed by atoms with Gasteiger partial charge < -0.3 is 4.57 Å². The summed E-state index contributed by atoms with van der Waals surface area (Å²) in [6.07, 6.45) is 7.79. The molecule has 5 heteroatoms. The molecule has 0 spiro atoms. The number of halogens is 1. The fourth-order valence-corrected chi connectivity index (χ4v) is 2.92. The number of hydrogen-bond donors (Lipinski definition) is 0. The molecule has 0 amide bonds. The molecule has 0 saturated heterocycles. The molecule has 118 valence electrons. The minimum atomic E-state index is 0.734. The van der Waals surface area contributed by atoms with Gasteiger partial charge in [0.2, 0.25) is 0 Å². The molecule has 0 atom stereocenters. The summed E-state index contributed by atoms with van der Waals surface area (Å²) in [6.45, 7) is 0.734. The standard InChI is InChI=1S/C19H15BrN4/c20-17-8-6-16(7-9-17)19-21-10-11-23(19)13-15-12-22-24(14-15)18-4-2-1-3-5-18/h1-12,14H,13H2. The van der Waals surface area contributed by atoms with Gasteiger partial charge in [0.15, 0.2) is 0 Å². The fraction of sp³-hybridized carbons (Fsp3) is 0.0526. The van der Waals surface area contributed by atoms with Crippen LogP contribution in [0.5, 0.6) is 0 Å². The highest BCUT2D eigenvalue weighted by molar-refractivity contribution is 9.10. The van der Waals surface area contributed by atoms with Gasteiger partial charge in [-0.2, -0.15) is 5.10 Å². The van der Waals surface area contributed by atoms with Crippen molar-refractivity contribution in [3.8, 4) is 17.1 Å². The molecule has 0 unspecified atom stereocenters. The van der Waals surface area contributed by atoms with E-state index >= 15 is 0 Å². The van der Waals surface area contributed by atoms with E-state index in [4.69, 9.17) is 0 Å². The molecule has 0 fully saturated rings. The lowest BCUT2D eigenvalue weighted by molar-refractivity contribution is 0.806. The molecule has 4 rings (SSSR count). The third-order valence-corrected chi connectivity index (χ3v) is 4.36. The molecular formula is C19H15BrN4. The zero-order chi connectivity index (χ0) is 16.4. The Balaban J connectivity index is 1.60. The van der Waals surface area contributed by atoms with Crippen LogP contribution in [-0.2, 0) is 6.54 Å². The van der Waals surface area contributed by atoms with Gasteiger partial charge in [-0.15, -0.1) is 0 Å². The maximum atomic E-state index is 4.50. The van der Waals surface area contributed by atoms with Crippen molar-refractivity contribution in [1.82, 2.24) is 19.3 Å². The van der Waals surface area contributed by atoms with E-state index in [-0.39, 0.29) is 0 Å². The molecule has 0 bridgehead atoms. The quantitative estimate of drug-likeness (QED) is 0.522. The van der Waals surface area contributed by atoms with Gasteiger partial charge in [0.05, 0.1) is 18.4 Å². The predicted octanol–water partition coefficient (Wildman–Crippen LogP) is 4.55. The summed E-state index contributed by atoms with van der Waals surface area (Å²) in [4.78, 5) is 4.50. The Bertz CT molecular complexity index is 939. The Morgan fingerprint density at radius 3 is 2.54 bits per heavy atom. The van der Waals surface area contributed by atoms with Gasteiger partial charge in [-0.25, -0.2) is 9.67 Å². The van der Waals surface area contributed by atoms with Gasteiger partial charge in [-0.05, 0) is 24.3 Å². The first-order chi connectivity index (χ1) is 11.8. The lowest BCUT2D eigenvalue weighted by Crippen LogP contribution is -2.00. The SMILES string of the molecule is Brc1ccc(-c2nccn2Cc2cnn(-c3ccccc3)c2)cc1. The number of benzene rings is 2. The van der Waals surface area contributed by atoms with Crippen molar-refractivity contribution in [3.05, 3.63) is 89.4 Å². The lowest BCUT2D eigenvalue weighted by Gasteiger charge is -2.06. The van der Waals surface area contributed by atoms with Crippen molar-refractivity contribution >= 4 is 15.9 Å². The molecule has 0 N–H and O–H groups in total. The Morgan fingerprint density at radius 1 is 0.958 bits per heavy atom. The third-order valence-electron chi connectivity index (χ3n) is 3.83. The number of hydrogen-bond acceptors (Lipinski definition) is 2. The molecule has 2 heterocycles. The fourth-order valence-electron chi connectivity index (χ4n) is 2.66. The second kappa shape index (κ2) is 6.45. The maximum Gasteiger partial charge on any atom is 0.140 e. The zero-order valence-corrected chi connectivity index (χ0v) is 14.5. The van der Waals surface area contributed by atoms with Gasteiger partial charge in [-0.1, -0.05) is 46.3 Å². The third kappa shape index (κ3) is 3.03. The number of para-hydroxylation sites is 1. The zero-order valence-electron chi connectivity index (χ0n) is 12.9. The summed E-state index contributed by atoms with van der Waals surface area (Å²) in [7, 11) is 0. The molecular weight excluding hydrogens is 364 g/mol. The molecule has 2 aromatic carbocycles. The van der Waals surface area contributed by atoms with Crippen LogP contribution in [0.4, 0.5) is 0 Å². The van der Waals surface area contributed by atoms with Gasteiger partial charge in [0, 0.05) is 34.2 Å². The topological polar surface area (TPSA) is 35.6 Å². The molecule has 24 heavy (non-hydrogen) atoms. The first-order valence-corrected chi connectivity index (χ1v) is 8.45. The van der Waals surface area contributed by atoms with Gasteiger partial charge in [-0.3, -0.25) is 0 Å². The average molecular weight is 379 g/mol. The van der Waals surface area contributed by atoms with Crippen LogP contribution >= 0.6 is 15.9 Å². The summed E-state index contributed by atoms with van der Waals surface area (Å²) in [5, 5.41) is 4.46. The summed E-state index contributed by atoms with van der Waals surface area (Å²) in [5.74, 6) is 0.954. The first-order valence-electron chi connectivity index (χ1n) is 7.66. The average Bonchev–Trinajstić information content (AvgIpc) is 3.27. The molecule has 0 radical (unpaired) electrons. The molecule has 0 saturated carbocycles. The van der Waals surface area contributed by atoms with E-state index in [1.54, 1.807) is 0 Å². The highest BCUT2D eigenvalue weighted by Crippen LogP contribution is 2.21. The summed E-state index contributed by atoms with van der Waals surface area (Å²) >= 11 is 3.47. The van der Waals surface area contributed by atoms with Crippen molar-refractivity contribution in [2.45, 2.75) is 6.54 Å². The Hall–Kier alpha value is -2.66. The summed E-state index contributed by atoms with van der Waals surface area (Å²) in [6, 6.07) is 18.3. The van der Waals surface area contributed by atoms with E-state index in [2.05, 4.69) is 48.9 Å². The van der Waals surface area contributed by atoms with Crippen molar-refractivity contribution < 1.29 is 0 Å². The van der Waals surface area contributed by atoms with E-state index in [0.717, 1.165) is 33.7 Å². The maximum absolute atomic E-state index is 4.50. The molecule has 4 nitrogen and oxygen atoms in total. The minimum absolute atomic E-state index is 0.734. The Morgan fingerprint density at radius 2 is 1.75 bits per heavy atom. The van der Waals surface area contributed by atoms with Crippen LogP contribution in [-0.4, -0.2) is 19.3 Å². The minimum Gasteiger partial charge on any atom is -0.326 e. The molecule has 0 aliphatic heterocycles. The van der Waals surface area contributed by atoms with E-state index in [0.29, 0.717) is 0 Å². The van der Waals surface area contributed by atoms with Gasteiger partial charge in [0.1, 0.15) is 5.82 Å². The first kappa shape index (κ1) is 14.9. The second-order valence-corrected chi connectivity index (χ2v) is 6.43. The van der Waals surface area contributed by atoms with Crippen LogP contribution in [0, 0.1) is 0 Å². The predicted molar refractivity (Wildman–Crippen MR) is 98.0 cm³/mol. The smallest absolute Gasteiger partial charge is 0.140 e. The van der Waals surface area contributed by atoms with E-state index in [9.17, 15) is 0 Å². The van der Waals surface area contributed by atoms with Crippen molar-refractivity contribution in [2.24, 2.45) is 0 Å². The van der Waals surface area contributed by atoms with Crippen molar-refractivity contribution in [1.29, 1.82) is 0 Å². The number of aromatic nitrogens is 4. The number of rotatable bonds is 4. The Labute approximate surface area is 148 Å². The summed E-state index contributed by atoms with van der Waals surface area (Å²) in [5.41, 5.74) is 3.29. The monoisotopic (exact) mass is 378 g/mol. The number of nitrogens with zero attached hydrogens (tertiary/aromatic N) is 4. The normalized spacial score (nSPS) is 10.9. The van der Waals surface area contributed by atoms with Crippen molar-refractivity contribution in [2.75, 3.05) is 0 Å². The van der Waals surface area contributed by atoms with E-state index in [1.807, 2.05) is 65.7 Å². The second-order valence-electron chi connectivity index (χ2n) is 5.51. The van der Waals surface area contributed by atoms with E-state index in [1.165, 1.54) is 0 Å². The Kier molecular flexibility index (Phi) is 4.01. The molecule has 2 aromatic heterocycles. The molecule has 4 aromatic rings. The van der Waals surface area contributed by atoms with Gasteiger partial charge in [0.25, 0.3) is 0 Å². The lowest BCUT2D eigenvalue weighted by atomic mass is 10.2. The molecule has 0 aliphatic carbocycles. The van der Waals surface area contributed by atoms with Crippen LogP contribution in [0.25, 0.3) is 17.1 Å². The summed E-state index contributed by atoms with van der Waals surface area (Å²) < 4.78 is 5.09. The van der Waals surface area contributed by atoms with Gasteiger partial charge >= 0.3 is 0 Å². The largest absolute Gasteiger partial charge is 0.326 e. The molecule has 0 aliphatic rings.